The minimum Gasteiger partial charge on any atom is -0.481 e. The van der Waals surface area contributed by atoms with Crippen molar-refractivity contribution < 1.29 is 58.2 Å². The Hall–Kier alpha value is -3.23. The number of aliphatic carboxylic acids is 1. The van der Waals surface area contributed by atoms with Crippen molar-refractivity contribution >= 4 is 21.7 Å². The molecule has 1 amide bonds. The van der Waals surface area contributed by atoms with Crippen molar-refractivity contribution in [3.05, 3.63) is 65.0 Å². The minimum absolute atomic E-state index is 0.0949. The fourth-order valence-electron chi connectivity index (χ4n) is 9.34. The number of benzene rings is 2. The highest BCUT2D eigenvalue weighted by Gasteiger charge is 2.74. The standard InChI is InChI=1S/C34H35F8NO5S/c1-2-3-12-30(28(45)46)18-29(19-30)16-21(17-29)27(44)43-14-13-31(49(47,48)24-8-6-23(35)7-9-24)25-10-5-22(15-20(25)4-11-26(31)43)32(36,33(37,38)39)34(40,41)42/h5-10,15,21,26H,2-4,11-14,16-19H2,1H3,(H,45,46)/t21?,26-,29?,30?,31-/m1/s1. The van der Waals surface area contributed by atoms with Crippen LogP contribution in [0.2, 0.25) is 0 Å². The average Bonchev–Trinajstić information content (AvgIpc) is 3.39. The van der Waals surface area contributed by atoms with Crippen LogP contribution < -0.4 is 0 Å². The summed E-state index contributed by atoms with van der Waals surface area (Å²) in [7, 11) is -4.59. The molecule has 1 N–H and O–H groups in total. The van der Waals surface area contributed by atoms with E-state index in [2.05, 4.69) is 0 Å². The summed E-state index contributed by atoms with van der Waals surface area (Å²) in [5.41, 5.74) is -8.96. The predicted molar refractivity (Wildman–Crippen MR) is 159 cm³/mol. The van der Waals surface area contributed by atoms with E-state index in [9.17, 15) is 53.8 Å². The molecule has 49 heavy (non-hydrogen) atoms. The molecule has 6 nitrogen and oxygen atoms in total. The van der Waals surface area contributed by atoms with E-state index >= 15 is 4.39 Å². The molecule has 2 aromatic rings. The van der Waals surface area contributed by atoms with Crippen LogP contribution in [-0.4, -0.2) is 55.2 Å². The van der Waals surface area contributed by atoms with Gasteiger partial charge in [0.2, 0.25) is 5.91 Å². The van der Waals surface area contributed by atoms with Crippen molar-refractivity contribution in [3.8, 4) is 0 Å². The highest BCUT2D eigenvalue weighted by atomic mass is 32.2. The lowest BCUT2D eigenvalue weighted by molar-refractivity contribution is -0.348. The number of carboxylic acids is 1. The zero-order valence-corrected chi connectivity index (χ0v) is 27.3. The lowest BCUT2D eigenvalue weighted by Gasteiger charge is -2.62. The number of nitrogens with zero attached hydrogens (tertiary/aromatic N) is 1. The van der Waals surface area contributed by atoms with Crippen molar-refractivity contribution in [1.29, 1.82) is 0 Å². The number of halogens is 8. The fourth-order valence-corrected chi connectivity index (χ4v) is 11.7. The molecule has 3 fully saturated rings. The molecule has 3 aliphatic carbocycles. The summed E-state index contributed by atoms with van der Waals surface area (Å²) in [6.07, 6.45) is -9.55. The number of carbonyl (C=O) groups is 2. The van der Waals surface area contributed by atoms with E-state index in [4.69, 9.17) is 0 Å². The number of likely N-dealkylation sites (tertiary alicyclic amines) is 1. The first-order chi connectivity index (χ1) is 22.7. The zero-order chi connectivity index (χ0) is 36.0. The van der Waals surface area contributed by atoms with Gasteiger partial charge in [0.05, 0.1) is 16.4 Å². The highest BCUT2D eigenvalue weighted by Crippen LogP contribution is 2.68. The number of amides is 1. The van der Waals surface area contributed by atoms with Gasteiger partial charge in [-0.2, -0.15) is 26.3 Å². The number of hydrogen-bond acceptors (Lipinski definition) is 4. The fraction of sp³-hybridized carbons (Fsp3) is 0.588. The number of aryl methyl sites for hydroxylation is 1. The zero-order valence-electron chi connectivity index (χ0n) is 26.4. The SMILES string of the molecule is CCCCC1(C(=O)O)CC2(CC(C(=O)N3CC[C@@]4(S(=O)(=O)c5ccc(F)cc5)c5ccc(C(F)(C(F)(F)F)C(F)(F)F)cc5CC[C@@H]34)C2)C1. The molecular weight excluding hydrogens is 686 g/mol. The third-order valence-corrected chi connectivity index (χ3v) is 14.1. The van der Waals surface area contributed by atoms with Gasteiger partial charge in [-0.25, -0.2) is 17.2 Å². The second kappa shape index (κ2) is 11.4. The third kappa shape index (κ3) is 5.10. The van der Waals surface area contributed by atoms with Crippen molar-refractivity contribution in [2.45, 2.75) is 105 Å². The van der Waals surface area contributed by atoms with E-state index < -0.39 is 67.3 Å². The number of carbonyl (C=O) groups excluding carboxylic acids is 1. The summed E-state index contributed by atoms with van der Waals surface area (Å²) in [6.45, 7) is 1.87. The number of rotatable bonds is 8. The van der Waals surface area contributed by atoms with Crippen molar-refractivity contribution in [2.24, 2.45) is 16.7 Å². The van der Waals surface area contributed by atoms with E-state index in [1.807, 2.05) is 6.92 Å². The van der Waals surface area contributed by atoms with E-state index in [0.29, 0.717) is 44.2 Å². The maximum absolute atomic E-state index is 15.1. The van der Waals surface area contributed by atoms with Gasteiger partial charge in [-0.15, -0.1) is 0 Å². The van der Waals surface area contributed by atoms with Crippen LogP contribution in [0.15, 0.2) is 47.4 Å². The Labute approximate surface area is 277 Å². The minimum atomic E-state index is -6.37. The van der Waals surface area contributed by atoms with Crippen LogP contribution >= 0.6 is 0 Å². The number of carboxylic acid groups (broad SMARTS) is 1. The van der Waals surface area contributed by atoms with Crippen molar-refractivity contribution in [3.63, 3.8) is 0 Å². The Bertz CT molecular complexity index is 1750. The number of fused-ring (bicyclic) bond motifs is 3. The first kappa shape index (κ1) is 35.6. The third-order valence-electron chi connectivity index (χ3n) is 11.5. The van der Waals surface area contributed by atoms with Crippen LogP contribution in [0, 0.1) is 22.6 Å². The van der Waals surface area contributed by atoms with Crippen LogP contribution in [-0.2, 0) is 36.3 Å². The molecule has 0 radical (unpaired) electrons. The van der Waals surface area contributed by atoms with Crippen LogP contribution in [0.3, 0.4) is 0 Å². The summed E-state index contributed by atoms with van der Waals surface area (Å²) in [5.74, 6) is -2.49. The maximum Gasteiger partial charge on any atom is 0.435 e. The molecule has 6 rings (SSSR count). The lowest BCUT2D eigenvalue weighted by atomic mass is 9.41. The molecule has 15 heteroatoms. The van der Waals surface area contributed by atoms with Gasteiger partial charge >= 0.3 is 24.0 Å². The normalized spacial score (nSPS) is 29.9. The predicted octanol–water partition coefficient (Wildman–Crippen LogP) is 7.78. The Morgan fingerprint density at radius 3 is 2.12 bits per heavy atom. The van der Waals surface area contributed by atoms with Gasteiger partial charge in [0.1, 0.15) is 10.6 Å². The topological polar surface area (TPSA) is 91.8 Å². The molecule has 1 spiro atoms. The van der Waals surface area contributed by atoms with Gasteiger partial charge in [-0.1, -0.05) is 38.0 Å². The Kier molecular flexibility index (Phi) is 8.27. The van der Waals surface area contributed by atoms with E-state index in [1.165, 1.54) is 4.90 Å². The number of sulfone groups is 1. The first-order valence-electron chi connectivity index (χ1n) is 16.2. The Balaban J connectivity index is 1.35. The molecule has 4 aliphatic rings. The molecule has 0 bridgehead atoms. The molecular formula is C34H35F8NO5S. The van der Waals surface area contributed by atoms with Gasteiger partial charge < -0.3 is 10.0 Å². The van der Waals surface area contributed by atoms with Gasteiger partial charge in [0, 0.05) is 18.0 Å². The molecule has 0 aromatic heterocycles. The summed E-state index contributed by atoms with van der Waals surface area (Å²) < 4.78 is 138. The van der Waals surface area contributed by atoms with Gasteiger partial charge in [0.25, 0.3) is 0 Å². The van der Waals surface area contributed by atoms with Crippen LogP contribution in [0.1, 0.15) is 81.4 Å². The largest absolute Gasteiger partial charge is 0.481 e. The molecule has 1 heterocycles. The summed E-state index contributed by atoms with van der Waals surface area (Å²) in [6, 6.07) is 4.23. The number of unbranched alkanes of at least 4 members (excludes halogenated alkanes) is 1. The Morgan fingerprint density at radius 2 is 1.57 bits per heavy atom. The summed E-state index contributed by atoms with van der Waals surface area (Å²) >= 11 is 0. The van der Waals surface area contributed by atoms with Crippen LogP contribution in [0.5, 0.6) is 0 Å². The smallest absolute Gasteiger partial charge is 0.435 e. The molecule has 2 saturated carbocycles. The van der Waals surface area contributed by atoms with Gasteiger partial charge in [0.15, 0.2) is 9.84 Å². The van der Waals surface area contributed by atoms with Gasteiger partial charge in [-0.05, 0) is 92.2 Å². The molecule has 1 saturated heterocycles. The van der Waals surface area contributed by atoms with E-state index in [0.717, 1.165) is 43.2 Å². The lowest BCUT2D eigenvalue weighted by Crippen LogP contribution is -2.60. The Morgan fingerprint density at radius 1 is 0.959 bits per heavy atom. The molecule has 0 unspecified atom stereocenters. The maximum atomic E-state index is 15.1. The average molecular weight is 722 g/mol. The highest BCUT2D eigenvalue weighted by molar-refractivity contribution is 7.92. The van der Waals surface area contributed by atoms with Gasteiger partial charge in [-0.3, -0.25) is 9.59 Å². The van der Waals surface area contributed by atoms with Crippen LogP contribution in [0.25, 0.3) is 0 Å². The second-order valence-corrected chi connectivity index (χ2v) is 16.6. The quantitative estimate of drug-likeness (QED) is 0.222. The monoisotopic (exact) mass is 721 g/mol. The summed E-state index contributed by atoms with van der Waals surface area (Å²) in [5, 5.41) is 9.89. The molecule has 268 valence electrons. The second-order valence-electron chi connectivity index (χ2n) is 14.4. The van der Waals surface area contributed by atoms with Crippen LogP contribution in [0.4, 0.5) is 35.1 Å². The number of alkyl halides is 7. The molecule has 1 aliphatic heterocycles. The van der Waals surface area contributed by atoms with Crippen molar-refractivity contribution in [2.75, 3.05) is 6.54 Å². The van der Waals surface area contributed by atoms with Crippen molar-refractivity contribution in [1.82, 2.24) is 4.90 Å². The molecule has 2 atom stereocenters. The summed E-state index contributed by atoms with van der Waals surface area (Å²) in [4.78, 5) is 27.1. The first-order valence-corrected chi connectivity index (χ1v) is 17.7. The molecule has 2 aromatic carbocycles. The number of hydrogen-bond donors (Lipinski definition) is 1. The van der Waals surface area contributed by atoms with E-state index in [-0.39, 0.29) is 53.2 Å². The van der Waals surface area contributed by atoms with E-state index in [1.54, 1.807) is 0 Å².